The normalized spacial score (nSPS) is 10.7. The third kappa shape index (κ3) is 2.40. The first-order valence-corrected chi connectivity index (χ1v) is 5.72. The second kappa shape index (κ2) is 4.68. The molecule has 100 valence electrons. The van der Waals surface area contributed by atoms with Crippen molar-refractivity contribution >= 4 is 5.78 Å². The highest BCUT2D eigenvalue weighted by atomic mass is 16.2. The molecule has 7 nitrogen and oxygen atoms in total. The third-order valence-electron chi connectivity index (χ3n) is 2.88. The molecule has 0 radical (unpaired) electrons. The quantitative estimate of drug-likeness (QED) is 0.777. The number of hydrogen-bond donors (Lipinski definition) is 1. The van der Waals surface area contributed by atoms with E-state index in [4.69, 9.17) is 0 Å². The molecular formula is C12H14N4O3. The van der Waals surface area contributed by atoms with Crippen LogP contribution in [-0.2, 0) is 13.6 Å². The molecule has 0 aliphatic rings. The van der Waals surface area contributed by atoms with Gasteiger partial charge in [-0.1, -0.05) is 0 Å². The number of aryl methyl sites for hydroxylation is 2. The van der Waals surface area contributed by atoms with Crippen molar-refractivity contribution in [3.63, 3.8) is 0 Å². The number of carbonyl (C=O) groups excluding carboxylic acids is 1. The molecule has 0 spiro atoms. The molecule has 0 aliphatic heterocycles. The number of ketones is 1. The van der Waals surface area contributed by atoms with Crippen LogP contribution in [0, 0.1) is 6.92 Å². The second-order valence-electron chi connectivity index (χ2n) is 4.37. The van der Waals surface area contributed by atoms with E-state index in [9.17, 15) is 14.4 Å². The van der Waals surface area contributed by atoms with Gasteiger partial charge in [-0.05, 0) is 13.8 Å². The van der Waals surface area contributed by atoms with Gasteiger partial charge >= 0.3 is 5.69 Å². The van der Waals surface area contributed by atoms with Crippen molar-refractivity contribution in [2.45, 2.75) is 20.4 Å². The standard InChI is InChI=1S/C12H14N4O3/c1-7-9(5-15(3)14-7)6-16-11(18)10(8(2)17)4-13-12(16)19/h4-5H,6H2,1-3H3,(H,13,19). The highest BCUT2D eigenvalue weighted by molar-refractivity contribution is 5.93. The lowest BCUT2D eigenvalue weighted by Crippen LogP contribution is -2.38. The van der Waals surface area contributed by atoms with Gasteiger partial charge in [0.2, 0.25) is 0 Å². The van der Waals surface area contributed by atoms with Gasteiger partial charge in [0, 0.05) is 25.0 Å². The second-order valence-corrected chi connectivity index (χ2v) is 4.37. The molecule has 7 heteroatoms. The zero-order valence-corrected chi connectivity index (χ0v) is 10.9. The van der Waals surface area contributed by atoms with Crippen LogP contribution in [-0.4, -0.2) is 25.1 Å². The number of H-pyrrole nitrogens is 1. The number of aromatic nitrogens is 4. The molecule has 2 rings (SSSR count). The summed E-state index contributed by atoms with van der Waals surface area (Å²) in [6.45, 7) is 3.17. The smallest absolute Gasteiger partial charge is 0.313 e. The summed E-state index contributed by atoms with van der Waals surface area (Å²) < 4.78 is 2.61. The third-order valence-corrected chi connectivity index (χ3v) is 2.88. The number of Topliss-reactive ketones (excluding diaryl/α,β-unsaturated/α-hetero) is 1. The number of nitrogens with zero attached hydrogens (tertiary/aromatic N) is 3. The van der Waals surface area contributed by atoms with Gasteiger partial charge in [0.05, 0.1) is 17.8 Å². The number of rotatable bonds is 3. The predicted octanol–water partition coefficient (Wildman–Crippen LogP) is -0.171. The van der Waals surface area contributed by atoms with Gasteiger partial charge < -0.3 is 4.98 Å². The fourth-order valence-electron chi connectivity index (χ4n) is 1.88. The molecule has 0 aliphatic carbocycles. The van der Waals surface area contributed by atoms with Gasteiger partial charge in [0.15, 0.2) is 5.78 Å². The first-order valence-electron chi connectivity index (χ1n) is 5.72. The van der Waals surface area contributed by atoms with Gasteiger partial charge in [-0.25, -0.2) is 4.79 Å². The Morgan fingerprint density at radius 2 is 2.11 bits per heavy atom. The summed E-state index contributed by atoms with van der Waals surface area (Å²) in [7, 11) is 1.76. The van der Waals surface area contributed by atoms with Crippen LogP contribution in [0.25, 0.3) is 0 Å². The van der Waals surface area contributed by atoms with Crippen molar-refractivity contribution in [1.29, 1.82) is 0 Å². The minimum Gasteiger partial charge on any atom is -0.313 e. The Bertz CT molecular complexity index is 751. The van der Waals surface area contributed by atoms with Crippen molar-refractivity contribution in [1.82, 2.24) is 19.3 Å². The number of aromatic amines is 1. The fourth-order valence-corrected chi connectivity index (χ4v) is 1.88. The minimum atomic E-state index is -0.584. The van der Waals surface area contributed by atoms with E-state index < -0.39 is 11.2 Å². The summed E-state index contributed by atoms with van der Waals surface area (Å²) in [4.78, 5) is 37.5. The molecule has 2 aromatic heterocycles. The molecule has 0 saturated carbocycles. The van der Waals surface area contributed by atoms with E-state index in [0.717, 1.165) is 22.0 Å². The Kier molecular flexibility index (Phi) is 3.20. The van der Waals surface area contributed by atoms with Crippen LogP contribution in [0.2, 0.25) is 0 Å². The topological polar surface area (TPSA) is 89.8 Å². The van der Waals surface area contributed by atoms with Crippen molar-refractivity contribution in [2.75, 3.05) is 0 Å². The highest BCUT2D eigenvalue weighted by Crippen LogP contribution is 2.05. The number of nitrogens with one attached hydrogen (secondary N) is 1. The zero-order valence-electron chi connectivity index (χ0n) is 10.9. The maximum absolute atomic E-state index is 12.0. The van der Waals surface area contributed by atoms with E-state index in [1.807, 2.05) is 0 Å². The molecule has 2 heterocycles. The van der Waals surface area contributed by atoms with E-state index in [1.54, 1.807) is 24.9 Å². The van der Waals surface area contributed by atoms with Gasteiger partial charge in [0.1, 0.15) is 0 Å². The van der Waals surface area contributed by atoms with E-state index in [0.29, 0.717) is 0 Å². The summed E-state index contributed by atoms with van der Waals surface area (Å²) in [5, 5.41) is 4.15. The maximum atomic E-state index is 12.0. The SMILES string of the molecule is CC(=O)c1c[nH]c(=O)n(Cc2cn(C)nc2C)c1=O. The highest BCUT2D eigenvalue weighted by Gasteiger charge is 2.13. The van der Waals surface area contributed by atoms with Crippen LogP contribution in [0.1, 0.15) is 28.5 Å². The average molecular weight is 262 g/mol. The number of carbonyl (C=O) groups is 1. The Morgan fingerprint density at radius 3 is 2.63 bits per heavy atom. The van der Waals surface area contributed by atoms with E-state index in [2.05, 4.69) is 10.1 Å². The fraction of sp³-hybridized carbons (Fsp3) is 0.333. The summed E-state index contributed by atoms with van der Waals surface area (Å²) in [5.74, 6) is -0.377. The number of hydrogen-bond acceptors (Lipinski definition) is 4. The van der Waals surface area contributed by atoms with Crippen LogP contribution in [0.4, 0.5) is 0 Å². The summed E-state index contributed by atoms with van der Waals surface area (Å²) in [5.41, 5.74) is 0.344. The Morgan fingerprint density at radius 1 is 1.42 bits per heavy atom. The molecule has 0 unspecified atom stereocenters. The lowest BCUT2D eigenvalue weighted by molar-refractivity contribution is 0.101. The van der Waals surface area contributed by atoms with Crippen molar-refractivity contribution in [2.24, 2.45) is 7.05 Å². The lowest BCUT2D eigenvalue weighted by atomic mass is 10.2. The molecule has 0 saturated heterocycles. The van der Waals surface area contributed by atoms with Crippen LogP contribution in [0.5, 0.6) is 0 Å². The molecule has 0 fully saturated rings. The van der Waals surface area contributed by atoms with Crippen LogP contribution in [0.3, 0.4) is 0 Å². The molecule has 0 atom stereocenters. The largest absolute Gasteiger partial charge is 0.328 e. The van der Waals surface area contributed by atoms with Crippen molar-refractivity contribution < 1.29 is 4.79 Å². The maximum Gasteiger partial charge on any atom is 0.328 e. The van der Waals surface area contributed by atoms with Gasteiger partial charge in [-0.2, -0.15) is 5.10 Å². The Balaban J connectivity index is 2.54. The average Bonchev–Trinajstić information content (AvgIpc) is 2.62. The van der Waals surface area contributed by atoms with E-state index in [-0.39, 0.29) is 17.9 Å². The summed E-state index contributed by atoms with van der Waals surface area (Å²) in [6, 6.07) is 0. The summed E-state index contributed by atoms with van der Waals surface area (Å²) >= 11 is 0. The molecular weight excluding hydrogens is 248 g/mol. The van der Waals surface area contributed by atoms with E-state index >= 15 is 0 Å². The summed E-state index contributed by atoms with van der Waals surface area (Å²) in [6.07, 6.45) is 2.89. The molecule has 1 N–H and O–H groups in total. The van der Waals surface area contributed by atoms with Gasteiger partial charge in [-0.15, -0.1) is 0 Å². The molecule has 0 amide bonds. The predicted molar refractivity (Wildman–Crippen MR) is 68.4 cm³/mol. The lowest BCUT2D eigenvalue weighted by Gasteiger charge is -2.04. The van der Waals surface area contributed by atoms with Crippen molar-refractivity contribution in [3.8, 4) is 0 Å². The minimum absolute atomic E-state index is 0.0267. The van der Waals surface area contributed by atoms with Crippen LogP contribution in [0.15, 0.2) is 22.0 Å². The van der Waals surface area contributed by atoms with Gasteiger partial charge in [-0.3, -0.25) is 18.8 Å². The first-order chi connectivity index (χ1) is 8.90. The van der Waals surface area contributed by atoms with E-state index in [1.165, 1.54) is 6.92 Å². The van der Waals surface area contributed by atoms with Crippen LogP contribution < -0.4 is 11.2 Å². The van der Waals surface area contributed by atoms with Crippen LogP contribution >= 0.6 is 0 Å². The first kappa shape index (κ1) is 13.0. The Hall–Kier alpha value is -2.44. The molecule has 0 bridgehead atoms. The monoisotopic (exact) mass is 262 g/mol. The Labute approximate surface area is 108 Å². The van der Waals surface area contributed by atoms with Gasteiger partial charge in [0.25, 0.3) is 5.56 Å². The molecule has 19 heavy (non-hydrogen) atoms. The molecule has 2 aromatic rings. The molecule has 0 aromatic carbocycles. The zero-order chi connectivity index (χ0) is 14.2. The van der Waals surface area contributed by atoms with Crippen molar-refractivity contribution in [3.05, 3.63) is 50.1 Å².